The molecule has 1 aliphatic heterocycles. The number of hydrogen-bond donors (Lipinski definition) is 1. The number of carboxylic acids is 1. The molecule has 0 spiro atoms. The summed E-state index contributed by atoms with van der Waals surface area (Å²) in [6, 6.07) is 5.11. The zero-order chi connectivity index (χ0) is 14.1. The van der Waals surface area contributed by atoms with E-state index in [1.54, 1.807) is 18.2 Å². The quantitative estimate of drug-likeness (QED) is 0.920. The summed E-state index contributed by atoms with van der Waals surface area (Å²) in [6.45, 7) is 5.30. The van der Waals surface area contributed by atoms with Crippen molar-refractivity contribution in [3.8, 4) is 0 Å². The molecule has 2 heterocycles. The van der Waals surface area contributed by atoms with Gasteiger partial charge in [-0.15, -0.1) is 5.10 Å². The predicted molar refractivity (Wildman–Crippen MR) is 74.9 cm³/mol. The van der Waals surface area contributed by atoms with Crippen LogP contribution in [0.2, 0.25) is 0 Å². The van der Waals surface area contributed by atoms with Crippen LogP contribution < -0.4 is 0 Å². The Labute approximate surface area is 117 Å². The highest BCUT2D eigenvalue weighted by atomic mass is 16.4. The second-order valence-corrected chi connectivity index (χ2v) is 5.40. The third-order valence-electron chi connectivity index (χ3n) is 3.86. The standard InChI is InChI=1S/C14H18N4O2/c1-10(9-17-6-2-3-7-17)18-13-8-11(14(19)20)4-5-12(13)15-16-18/h4-5,8,10H,2-3,6-7,9H2,1H3,(H,19,20). The van der Waals surface area contributed by atoms with E-state index in [1.807, 2.05) is 4.68 Å². The van der Waals surface area contributed by atoms with Crippen LogP contribution >= 0.6 is 0 Å². The first-order valence-electron chi connectivity index (χ1n) is 6.96. The molecule has 1 fully saturated rings. The number of hydrogen-bond acceptors (Lipinski definition) is 4. The second-order valence-electron chi connectivity index (χ2n) is 5.40. The first-order valence-corrected chi connectivity index (χ1v) is 6.96. The normalized spacial score (nSPS) is 17.6. The summed E-state index contributed by atoms with van der Waals surface area (Å²) in [4.78, 5) is 13.5. The van der Waals surface area contributed by atoms with Crippen molar-refractivity contribution in [2.24, 2.45) is 0 Å². The lowest BCUT2D eigenvalue weighted by molar-refractivity contribution is 0.0697. The lowest BCUT2D eigenvalue weighted by Crippen LogP contribution is -2.27. The molecule has 1 aromatic heterocycles. The monoisotopic (exact) mass is 274 g/mol. The first kappa shape index (κ1) is 13.1. The Morgan fingerprint density at radius 2 is 2.15 bits per heavy atom. The van der Waals surface area contributed by atoms with Crippen molar-refractivity contribution in [2.75, 3.05) is 19.6 Å². The van der Waals surface area contributed by atoms with Gasteiger partial charge in [0.25, 0.3) is 0 Å². The fourth-order valence-electron chi connectivity index (χ4n) is 2.81. The first-order chi connectivity index (χ1) is 9.65. The Bertz CT molecular complexity index is 631. The molecule has 0 aliphatic carbocycles. The molecule has 1 unspecified atom stereocenters. The van der Waals surface area contributed by atoms with Crippen LogP contribution in [-0.4, -0.2) is 50.6 Å². The van der Waals surface area contributed by atoms with E-state index in [2.05, 4.69) is 22.1 Å². The zero-order valence-corrected chi connectivity index (χ0v) is 11.5. The molecule has 6 heteroatoms. The number of aromatic nitrogens is 3. The highest BCUT2D eigenvalue weighted by molar-refractivity contribution is 5.92. The smallest absolute Gasteiger partial charge is 0.335 e. The highest BCUT2D eigenvalue weighted by Crippen LogP contribution is 2.19. The van der Waals surface area contributed by atoms with Gasteiger partial charge in [0.2, 0.25) is 0 Å². The van der Waals surface area contributed by atoms with E-state index in [4.69, 9.17) is 5.11 Å². The molecule has 2 aromatic rings. The van der Waals surface area contributed by atoms with Crippen LogP contribution in [0.3, 0.4) is 0 Å². The molecule has 0 bridgehead atoms. The highest BCUT2D eigenvalue weighted by Gasteiger charge is 2.18. The van der Waals surface area contributed by atoms with E-state index in [1.165, 1.54) is 12.8 Å². The van der Waals surface area contributed by atoms with Crippen LogP contribution in [-0.2, 0) is 0 Å². The Morgan fingerprint density at radius 1 is 1.40 bits per heavy atom. The van der Waals surface area contributed by atoms with E-state index in [-0.39, 0.29) is 11.6 Å². The molecule has 1 aromatic carbocycles. The lowest BCUT2D eigenvalue weighted by atomic mass is 10.2. The van der Waals surface area contributed by atoms with E-state index in [0.717, 1.165) is 30.7 Å². The van der Waals surface area contributed by atoms with Crippen LogP contribution in [0.5, 0.6) is 0 Å². The van der Waals surface area contributed by atoms with Gasteiger partial charge in [0.1, 0.15) is 5.52 Å². The summed E-state index contributed by atoms with van der Waals surface area (Å²) in [6.07, 6.45) is 2.52. The maximum Gasteiger partial charge on any atom is 0.335 e. The Hall–Kier alpha value is -1.95. The minimum atomic E-state index is -0.924. The summed E-state index contributed by atoms with van der Waals surface area (Å²) in [5, 5.41) is 17.4. The van der Waals surface area contributed by atoms with Gasteiger partial charge in [0, 0.05) is 6.54 Å². The van der Waals surface area contributed by atoms with Crippen LogP contribution in [0.4, 0.5) is 0 Å². The van der Waals surface area contributed by atoms with Crippen molar-refractivity contribution in [1.82, 2.24) is 19.9 Å². The third-order valence-corrected chi connectivity index (χ3v) is 3.86. The molecule has 0 amide bonds. The van der Waals surface area contributed by atoms with E-state index in [9.17, 15) is 4.79 Å². The van der Waals surface area contributed by atoms with Crippen molar-refractivity contribution < 1.29 is 9.90 Å². The van der Waals surface area contributed by atoms with Crippen LogP contribution in [0.15, 0.2) is 18.2 Å². The zero-order valence-electron chi connectivity index (χ0n) is 11.5. The predicted octanol–water partition coefficient (Wildman–Crippen LogP) is 1.79. The Balaban J connectivity index is 1.89. The van der Waals surface area contributed by atoms with E-state index < -0.39 is 5.97 Å². The van der Waals surface area contributed by atoms with Crippen LogP contribution in [0, 0.1) is 0 Å². The molecule has 106 valence electrons. The van der Waals surface area contributed by atoms with Crippen molar-refractivity contribution in [1.29, 1.82) is 0 Å². The van der Waals surface area contributed by atoms with Gasteiger partial charge in [0.05, 0.1) is 17.1 Å². The second kappa shape index (κ2) is 5.20. The van der Waals surface area contributed by atoms with E-state index >= 15 is 0 Å². The minimum absolute atomic E-state index is 0.183. The summed E-state index contributed by atoms with van der Waals surface area (Å²) in [5.74, 6) is -0.924. The maximum atomic E-state index is 11.1. The van der Waals surface area contributed by atoms with Crippen molar-refractivity contribution in [2.45, 2.75) is 25.8 Å². The molecule has 1 atom stereocenters. The molecule has 0 radical (unpaired) electrons. The number of carboxylic acid groups (broad SMARTS) is 1. The molecule has 1 saturated heterocycles. The average Bonchev–Trinajstić information content (AvgIpc) is 3.06. The summed E-state index contributed by atoms with van der Waals surface area (Å²) in [5.41, 5.74) is 1.80. The SMILES string of the molecule is CC(CN1CCCC1)n1nnc2ccc(C(=O)O)cc21. The Morgan fingerprint density at radius 3 is 2.85 bits per heavy atom. The Kier molecular flexibility index (Phi) is 3.40. The van der Waals surface area contributed by atoms with Crippen LogP contribution in [0.1, 0.15) is 36.2 Å². The van der Waals surface area contributed by atoms with Crippen molar-refractivity contribution in [3.05, 3.63) is 23.8 Å². The molecule has 6 nitrogen and oxygen atoms in total. The molecule has 1 aliphatic rings. The van der Waals surface area contributed by atoms with Gasteiger partial charge in [0.15, 0.2) is 0 Å². The van der Waals surface area contributed by atoms with Crippen molar-refractivity contribution in [3.63, 3.8) is 0 Å². The number of benzene rings is 1. The van der Waals surface area contributed by atoms with Gasteiger partial charge in [-0.25, -0.2) is 9.48 Å². The topological polar surface area (TPSA) is 71.2 Å². The summed E-state index contributed by atoms with van der Waals surface area (Å²) in [7, 11) is 0. The number of carbonyl (C=O) groups is 1. The van der Waals surface area contributed by atoms with E-state index in [0.29, 0.717) is 0 Å². The average molecular weight is 274 g/mol. The van der Waals surface area contributed by atoms with Gasteiger partial charge in [-0.3, -0.25) is 0 Å². The van der Waals surface area contributed by atoms with Gasteiger partial charge < -0.3 is 10.0 Å². The van der Waals surface area contributed by atoms with Crippen LogP contribution in [0.25, 0.3) is 11.0 Å². The minimum Gasteiger partial charge on any atom is -0.478 e. The molecule has 1 N–H and O–H groups in total. The molecule has 3 rings (SSSR count). The van der Waals surface area contributed by atoms with Gasteiger partial charge in [-0.05, 0) is 51.1 Å². The number of rotatable bonds is 4. The number of nitrogens with zero attached hydrogens (tertiary/aromatic N) is 4. The number of aromatic carboxylic acids is 1. The van der Waals surface area contributed by atoms with Gasteiger partial charge in [-0.1, -0.05) is 5.21 Å². The lowest BCUT2D eigenvalue weighted by Gasteiger charge is -2.20. The third kappa shape index (κ3) is 2.38. The molecule has 0 saturated carbocycles. The molecular formula is C14H18N4O2. The molecule has 20 heavy (non-hydrogen) atoms. The maximum absolute atomic E-state index is 11.1. The molecular weight excluding hydrogens is 256 g/mol. The fourth-order valence-corrected chi connectivity index (χ4v) is 2.81. The number of likely N-dealkylation sites (tertiary alicyclic amines) is 1. The van der Waals surface area contributed by atoms with Gasteiger partial charge >= 0.3 is 5.97 Å². The largest absolute Gasteiger partial charge is 0.478 e. The summed E-state index contributed by atoms with van der Waals surface area (Å²) < 4.78 is 1.83. The van der Waals surface area contributed by atoms with Crippen molar-refractivity contribution >= 4 is 17.0 Å². The summed E-state index contributed by atoms with van der Waals surface area (Å²) >= 11 is 0. The fraction of sp³-hybridized carbons (Fsp3) is 0.500. The number of fused-ring (bicyclic) bond motifs is 1. The van der Waals surface area contributed by atoms with Gasteiger partial charge in [-0.2, -0.15) is 0 Å².